The summed E-state index contributed by atoms with van der Waals surface area (Å²) in [6.45, 7) is 1.20. The molecule has 23 heavy (non-hydrogen) atoms. The van der Waals surface area contributed by atoms with Crippen LogP contribution in [-0.4, -0.2) is 41.4 Å². The highest BCUT2D eigenvalue weighted by molar-refractivity contribution is 5.60. The number of hydrogen-bond donors (Lipinski definition) is 0. The van der Waals surface area contributed by atoms with Gasteiger partial charge in [-0.3, -0.25) is 0 Å². The third kappa shape index (κ3) is 5.16. The molecule has 0 atom stereocenters. The minimum Gasteiger partial charge on any atom is -0.369 e. The Balaban J connectivity index is 2.19. The lowest BCUT2D eigenvalue weighted by Crippen LogP contribution is -2.08. The first kappa shape index (κ1) is 16.6. The van der Waals surface area contributed by atoms with Gasteiger partial charge in [-0.2, -0.15) is 0 Å². The number of hydrogen-bond acceptors (Lipinski definition) is 3. The Morgan fingerprint density at radius 2 is 2.09 bits per heavy atom. The van der Waals surface area contributed by atoms with E-state index in [1.165, 1.54) is 5.56 Å². The van der Waals surface area contributed by atoms with Crippen LogP contribution in [0.2, 0.25) is 0 Å². The number of aromatic nitrogens is 2. The molecule has 1 aromatic carbocycles. The number of aliphatic imine (C=N–C) groups is 1. The van der Waals surface area contributed by atoms with Gasteiger partial charge in [0.2, 0.25) is 0 Å². The molecule has 0 N–H and O–H groups in total. The van der Waals surface area contributed by atoms with Crippen molar-refractivity contribution in [2.75, 3.05) is 20.6 Å². The molecule has 0 aliphatic carbocycles. The summed E-state index contributed by atoms with van der Waals surface area (Å²) < 4.78 is 2.04. The van der Waals surface area contributed by atoms with Crippen molar-refractivity contribution >= 4 is 12.2 Å². The zero-order chi connectivity index (χ0) is 16.5. The van der Waals surface area contributed by atoms with Crippen LogP contribution in [0.3, 0.4) is 0 Å². The quantitative estimate of drug-likeness (QED) is 0.187. The van der Waals surface area contributed by atoms with Gasteiger partial charge < -0.3 is 9.47 Å². The first-order chi connectivity index (χ1) is 11.2. The van der Waals surface area contributed by atoms with E-state index in [9.17, 15) is 0 Å². The standard InChI is InChI=1S/C16H21N7/c1-22(2)12-19-16-15(9-6-10-20-21-17)18-13-23(16)11-14-7-4-3-5-8-14/h3-5,7-8,12-13H,6,9-11H2,1-2H3/b19-12+. The molecule has 1 aromatic heterocycles. The topological polar surface area (TPSA) is 82.2 Å². The second-order valence-electron chi connectivity index (χ2n) is 5.39. The van der Waals surface area contributed by atoms with Gasteiger partial charge in [-0.25, -0.2) is 9.98 Å². The summed E-state index contributed by atoms with van der Waals surface area (Å²) in [6.07, 6.45) is 5.09. The van der Waals surface area contributed by atoms with Crippen LogP contribution in [-0.2, 0) is 13.0 Å². The number of benzene rings is 1. The maximum Gasteiger partial charge on any atom is 0.157 e. The van der Waals surface area contributed by atoms with E-state index in [2.05, 4.69) is 32.1 Å². The Hall–Kier alpha value is -2.79. The minimum atomic E-state index is 0.471. The van der Waals surface area contributed by atoms with Gasteiger partial charge in [0.05, 0.1) is 24.9 Å². The smallest absolute Gasteiger partial charge is 0.157 e. The lowest BCUT2D eigenvalue weighted by molar-refractivity contribution is 0.641. The van der Waals surface area contributed by atoms with Gasteiger partial charge in [0.25, 0.3) is 0 Å². The summed E-state index contributed by atoms with van der Waals surface area (Å²) in [5, 5.41) is 3.56. The fourth-order valence-corrected chi connectivity index (χ4v) is 2.17. The number of rotatable bonds is 8. The molecule has 1 heterocycles. The highest BCUT2D eigenvalue weighted by Crippen LogP contribution is 2.21. The van der Waals surface area contributed by atoms with Crippen LogP contribution >= 0.6 is 0 Å². The zero-order valence-corrected chi connectivity index (χ0v) is 13.5. The number of azide groups is 1. The third-order valence-corrected chi connectivity index (χ3v) is 3.22. The van der Waals surface area contributed by atoms with E-state index in [0.29, 0.717) is 6.54 Å². The lowest BCUT2D eigenvalue weighted by Gasteiger charge is -2.08. The third-order valence-electron chi connectivity index (χ3n) is 3.22. The van der Waals surface area contributed by atoms with Crippen LogP contribution in [0.1, 0.15) is 17.7 Å². The molecule has 7 heteroatoms. The Kier molecular flexibility index (Phi) is 6.20. The second kappa shape index (κ2) is 8.60. The van der Waals surface area contributed by atoms with Crippen molar-refractivity contribution in [3.63, 3.8) is 0 Å². The van der Waals surface area contributed by atoms with Crippen molar-refractivity contribution in [3.8, 4) is 0 Å². The molecule has 0 fully saturated rings. The van der Waals surface area contributed by atoms with E-state index in [1.807, 2.05) is 48.1 Å². The normalized spacial score (nSPS) is 10.7. The summed E-state index contributed by atoms with van der Waals surface area (Å²) in [4.78, 5) is 13.7. The fraction of sp³-hybridized carbons (Fsp3) is 0.375. The predicted octanol–water partition coefficient (Wildman–Crippen LogP) is 3.40. The molecule has 0 aliphatic heterocycles. The molecule has 0 amide bonds. The molecule has 0 aliphatic rings. The predicted molar refractivity (Wildman–Crippen MR) is 91.9 cm³/mol. The van der Waals surface area contributed by atoms with Gasteiger partial charge in [0, 0.05) is 25.6 Å². The van der Waals surface area contributed by atoms with E-state index >= 15 is 0 Å². The van der Waals surface area contributed by atoms with E-state index in [1.54, 1.807) is 6.34 Å². The first-order valence-electron chi connectivity index (χ1n) is 7.50. The maximum atomic E-state index is 8.34. The van der Waals surface area contributed by atoms with Crippen LogP contribution in [0.25, 0.3) is 10.4 Å². The molecule has 0 bridgehead atoms. The Labute approximate surface area is 135 Å². The van der Waals surface area contributed by atoms with Crippen molar-refractivity contribution in [1.29, 1.82) is 0 Å². The molecule has 0 unspecified atom stereocenters. The number of imidazole rings is 1. The molecule has 7 nitrogen and oxygen atoms in total. The molecule has 0 saturated carbocycles. The molecular weight excluding hydrogens is 290 g/mol. The highest BCUT2D eigenvalue weighted by Gasteiger charge is 2.10. The van der Waals surface area contributed by atoms with E-state index in [0.717, 1.165) is 30.9 Å². The van der Waals surface area contributed by atoms with Gasteiger partial charge in [-0.1, -0.05) is 35.4 Å². The maximum absolute atomic E-state index is 8.34. The van der Waals surface area contributed by atoms with Crippen molar-refractivity contribution in [2.45, 2.75) is 19.4 Å². The van der Waals surface area contributed by atoms with Crippen molar-refractivity contribution in [1.82, 2.24) is 14.5 Å². The summed E-state index contributed by atoms with van der Waals surface area (Å²) in [6, 6.07) is 10.2. The first-order valence-corrected chi connectivity index (χ1v) is 7.50. The van der Waals surface area contributed by atoms with Crippen LogP contribution in [0.5, 0.6) is 0 Å². The second-order valence-corrected chi connectivity index (χ2v) is 5.39. The summed E-state index contributed by atoms with van der Waals surface area (Å²) in [5.74, 6) is 0.850. The molecule has 0 spiro atoms. The molecular formula is C16H21N7. The summed E-state index contributed by atoms with van der Waals surface area (Å²) in [5.41, 5.74) is 10.5. The Bertz CT molecular complexity index is 682. The van der Waals surface area contributed by atoms with Crippen LogP contribution < -0.4 is 0 Å². The minimum absolute atomic E-state index is 0.471. The molecule has 0 saturated heterocycles. The van der Waals surface area contributed by atoms with E-state index in [4.69, 9.17) is 5.53 Å². The van der Waals surface area contributed by atoms with Crippen LogP contribution in [0, 0.1) is 0 Å². The van der Waals surface area contributed by atoms with E-state index in [-0.39, 0.29) is 0 Å². The molecule has 2 aromatic rings. The lowest BCUT2D eigenvalue weighted by atomic mass is 10.2. The number of aryl methyl sites for hydroxylation is 1. The molecule has 120 valence electrons. The van der Waals surface area contributed by atoms with E-state index < -0.39 is 0 Å². The summed E-state index contributed by atoms with van der Waals surface area (Å²) >= 11 is 0. The van der Waals surface area contributed by atoms with Gasteiger partial charge in [0.1, 0.15) is 0 Å². The largest absolute Gasteiger partial charge is 0.369 e. The molecule has 2 rings (SSSR count). The van der Waals surface area contributed by atoms with Gasteiger partial charge >= 0.3 is 0 Å². The SMILES string of the molecule is CN(C)/C=N/c1c(CCCN=[N+]=[N-])ncn1Cc1ccccc1. The Morgan fingerprint density at radius 3 is 2.78 bits per heavy atom. The highest BCUT2D eigenvalue weighted by atomic mass is 15.2. The van der Waals surface area contributed by atoms with Gasteiger partial charge in [-0.05, 0) is 23.9 Å². The summed E-state index contributed by atoms with van der Waals surface area (Å²) in [7, 11) is 3.87. The van der Waals surface area contributed by atoms with Crippen molar-refractivity contribution in [2.24, 2.45) is 10.1 Å². The average molecular weight is 311 g/mol. The van der Waals surface area contributed by atoms with Crippen molar-refractivity contribution in [3.05, 3.63) is 58.4 Å². The van der Waals surface area contributed by atoms with Gasteiger partial charge in [0.15, 0.2) is 5.82 Å². The Morgan fingerprint density at radius 1 is 1.30 bits per heavy atom. The zero-order valence-electron chi connectivity index (χ0n) is 13.5. The fourth-order valence-electron chi connectivity index (χ4n) is 2.17. The van der Waals surface area contributed by atoms with Crippen LogP contribution in [0.4, 0.5) is 5.82 Å². The van der Waals surface area contributed by atoms with Gasteiger partial charge in [-0.15, -0.1) is 0 Å². The number of nitrogens with zero attached hydrogens (tertiary/aromatic N) is 7. The van der Waals surface area contributed by atoms with Crippen molar-refractivity contribution < 1.29 is 0 Å². The molecule has 0 radical (unpaired) electrons. The average Bonchev–Trinajstić information content (AvgIpc) is 2.92. The van der Waals surface area contributed by atoms with Crippen LogP contribution in [0.15, 0.2) is 46.8 Å². The monoisotopic (exact) mass is 311 g/mol.